The Labute approximate surface area is 148 Å². The highest BCUT2D eigenvalue weighted by atomic mass is 16.5. The third-order valence-corrected chi connectivity index (χ3v) is 4.35. The standard InChI is InChI=1S/C19H24N4O2/c1-4-15-7-5-6-13(2)17(15)22-18(24)16-12-14(3)20-19(21-16)23-8-10-25-11-9-23/h5-7,12H,4,8-11H2,1-3H3,(H,22,24). The smallest absolute Gasteiger partial charge is 0.274 e. The van der Waals surface area contributed by atoms with Crippen molar-refractivity contribution in [1.82, 2.24) is 9.97 Å². The third-order valence-electron chi connectivity index (χ3n) is 4.35. The van der Waals surface area contributed by atoms with Gasteiger partial charge in [0.15, 0.2) is 0 Å². The summed E-state index contributed by atoms with van der Waals surface area (Å²) in [7, 11) is 0. The number of carbonyl (C=O) groups is 1. The number of rotatable bonds is 4. The van der Waals surface area contributed by atoms with E-state index in [-0.39, 0.29) is 5.91 Å². The number of anilines is 2. The van der Waals surface area contributed by atoms with E-state index in [1.165, 1.54) is 0 Å². The second-order valence-corrected chi connectivity index (χ2v) is 6.21. The van der Waals surface area contributed by atoms with Crippen molar-refractivity contribution in [2.45, 2.75) is 27.2 Å². The zero-order chi connectivity index (χ0) is 17.8. The summed E-state index contributed by atoms with van der Waals surface area (Å²) in [5.74, 6) is 0.387. The maximum Gasteiger partial charge on any atom is 0.274 e. The molecule has 1 saturated heterocycles. The van der Waals surface area contributed by atoms with Crippen molar-refractivity contribution in [1.29, 1.82) is 0 Å². The van der Waals surface area contributed by atoms with Crippen molar-refractivity contribution in [3.05, 3.63) is 46.8 Å². The van der Waals surface area contributed by atoms with Gasteiger partial charge in [-0.3, -0.25) is 4.79 Å². The Morgan fingerprint density at radius 2 is 2.00 bits per heavy atom. The minimum absolute atomic E-state index is 0.205. The number of hydrogen-bond donors (Lipinski definition) is 1. The molecule has 132 valence electrons. The molecule has 0 bridgehead atoms. The summed E-state index contributed by atoms with van der Waals surface area (Å²) in [6, 6.07) is 7.77. The summed E-state index contributed by atoms with van der Waals surface area (Å²) in [6.45, 7) is 8.75. The molecule has 1 aliphatic rings. The molecule has 25 heavy (non-hydrogen) atoms. The van der Waals surface area contributed by atoms with E-state index in [2.05, 4.69) is 27.1 Å². The summed E-state index contributed by atoms with van der Waals surface area (Å²) < 4.78 is 5.37. The predicted molar refractivity (Wildman–Crippen MR) is 98.3 cm³/mol. The van der Waals surface area contributed by atoms with Gasteiger partial charge in [0.2, 0.25) is 5.95 Å². The van der Waals surface area contributed by atoms with Gasteiger partial charge in [-0.25, -0.2) is 9.97 Å². The van der Waals surface area contributed by atoms with Gasteiger partial charge in [-0.2, -0.15) is 0 Å². The SMILES string of the molecule is CCc1cccc(C)c1NC(=O)c1cc(C)nc(N2CCOCC2)n1. The number of nitrogens with one attached hydrogen (secondary N) is 1. The van der Waals surface area contributed by atoms with Crippen LogP contribution in [0.2, 0.25) is 0 Å². The van der Waals surface area contributed by atoms with Crippen molar-refractivity contribution < 1.29 is 9.53 Å². The summed E-state index contributed by atoms with van der Waals surface area (Å²) in [5.41, 5.74) is 4.21. The topological polar surface area (TPSA) is 67.4 Å². The van der Waals surface area contributed by atoms with E-state index in [1.807, 2.05) is 32.0 Å². The monoisotopic (exact) mass is 340 g/mol. The zero-order valence-electron chi connectivity index (χ0n) is 15.0. The minimum atomic E-state index is -0.205. The molecule has 0 saturated carbocycles. The fraction of sp³-hybridized carbons (Fsp3) is 0.421. The number of ether oxygens (including phenoxy) is 1. The van der Waals surface area contributed by atoms with E-state index in [1.54, 1.807) is 6.07 Å². The van der Waals surface area contributed by atoms with Gasteiger partial charge in [0, 0.05) is 24.5 Å². The van der Waals surface area contributed by atoms with E-state index in [4.69, 9.17) is 4.74 Å². The molecule has 0 atom stereocenters. The molecule has 0 aliphatic carbocycles. The fourth-order valence-corrected chi connectivity index (χ4v) is 2.95. The van der Waals surface area contributed by atoms with Crippen molar-refractivity contribution in [2.24, 2.45) is 0 Å². The van der Waals surface area contributed by atoms with Gasteiger partial charge in [-0.1, -0.05) is 25.1 Å². The summed E-state index contributed by atoms with van der Waals surface area (Å²) in [4.78, 5) is 23.8. The maximum atomic E-state index is 12.8. The Hall–Kier alpha value is -2.47. The molecule has 1 aromatic heterocycles. The highest BCUT2D eigenvalue weighted by molar-refractivity contribution is 6.04. The van der Waals surface area contributed by atoms with E-state index < -0.39 is 0 Å². The Morgan fingerprint density at radius 1 is 1.24 bits per heavy atom. The molecule has 1 aromatic carbocycles. The van der Waals surface area contributed by atoms with Gasteiger partial charge in [0.1, 0.15) is 5.69 Å². The number of hydrogen-bond acceptors (Lipinski definition) is 5. The predicted octanol–water partition coefficient (Wildman–Crippen LogP) is 2.74. The third kappa shape index (κ3) is 3.96. The van der Waals surface area contributed by atoms with Crippen LogP contribution in [0.1, 0.15) is 34.2 Å². The number of aromatic nitrogens is 2. The molecule has 2 heterocycles. The number of benzene rings is 1. The largest absolute Gasteiger partial charge is 0.378 e. The van der Waals surface area contributed by atoms with Gasteiger partial charge in [-0.15, -0.1) is 0 Å². The molecule has 0 spiro atoms. The lowest BCUT2D eigenvalue weighted by Gasteiger charge is -2.27. The second-order valence-electron chi connectivity index (χ2n) is 6.21. The van der Waals surface area contributed by atoms with Crippen LogP contribution < -0.4 is 10.2 Å². The van der Waals surface area contributed by atoms with Crippen molar-refractivity contribution in [3.63, 3.8) is 0 Å². The number of para-hydroxylation sites is 1. The molecule has 1 N–H and O–H groups in total. The minimum Gasteiger partial charge on any atom is -0.378 e. The Kier molecular flexibility index (Phi) is 5.28. The Balaban J connectivity index is 1.86. The Morgan fingerprint density at radius 3 is 2.72 bits per heavy atom. The molecule has 1 aliphatic heterocycles. The number of amides is 1. The molecule has 0 radical (unpaired) electrons. The number of nitrogens with zero attached hydrogens (tertiary/aromatic N) is 3. The molecule has 0 unspecified atom stereocenters. The average Bonchev–Trinajstić information content (AvgIpc) is 2.63. The first-order valence-corrected chi connectivity index (χ1v) is 8.66. The highest BCUT2D eigenvalue weighted by Gasteiger charge is 2.18. The molecular weight excluding hydrogens is 316 g/mol. The molecule has 3 rings (SSSR count). The molecular formula is C19H24N4O2. The van der Waals surface area contributed by atoms with Crippen molar-refractivity contribution in [3.8, 4) is 0 Å². The van der Waals surface area contributed by atoms with Crippen LogP contribution in [0.5, 0.6) is 0 Å². The van der Waals surface area contributed by atoms with Crippen LogP contribution in [0.3, 0.4) is 0 Å². The molecule has 6 nitrogen and oxygen atoms in total. The lowest BCUT2D eigenvalue weighted by molar-refractivity contribution is 0.102. The summed E-state index contributed by atoms with van der Waals surface area (Å²) >= 11 is 0. The van der Waals surface area contributed by atoms with Gasteiger partial charge in [0.05, 0.1) is 13.2 Å². The van der Waals surface area contributed by atoms with E-state index >= 15 is 0 Å². The first-order valence-electron chi connectivity index (χ1n) is 8.66. The van der Waals surface area contributed by atoms with Gasteiger partial charge in [-0.05, 0) is 37.5 Å². The van der Waals surface area contributed by atoms with Crippen LogP contribution in [0.25, 0.3) is 0 Å². The fourth-order valence-electron chi connectivity index (χ4n) is 2.95. The summed E-state index contributed by atoms with van der Waals surface area (Å²) in [5, 5.41) is 3.03. The van der Waals surface area contributed by atoms with Crippen LogP contribution in [-0.2, 0) is 11.2 Å². The quantitative estimate of drug-likeness (QED) is 0.927. The number of carbonyl (C=O) groups excluding carboxylic acids is 1. The van der Waals surface area contributed by atoms with Crippen LogP contribution in [0, 0.1) is 13.8 Å². The number of morpholine rings is 1. The van der Waals surface area contributed by atoms with E-state index in [9.17, 15) is 4.79 Å². The highest BCUT2D eigenvalue weighted by Crippen LogP contribution is 2.22. The van der Waals surface area contributed by atoms with Crippen LogP contribution in [-0.4, -0.2) is 42.2 Å². The van der Waals surface area contributed by atoms with Gasteiger partial charge < -0.3 is 15.0 Å². The van der Waals surface area contributed by atoms with Crippen LogP contribution in [0.4, 0.5) is 11.6 Å². The zero-order valence-corrected chi connectivity index (χ0v) is 15.0. The van der Waals surface area contributed by atoms with Gasteiger partial charge in [0.25, 0.3) is 5.91 Å². The average molecular weight is 340 g/mol. The molecule has 1 fully saturated rings. The van der Waals surface area contributed by atoms with Crippen molar-refractivity contribution >= 4 is 17.5 Å². The van der Waals surface area contributed by atoms with E-state index in [0.717, 1.165) is 42.0 Å². The van der Waals surface area contributed by atoms with Crippen LogP contribution >= 0.6 is 0 Å². The van der Waals surface area contributed by atoms with Gasteiger partial charge >= 0.3 is 0 Å². The lowest BCUT2D eigenvalue weighted by Crippen LogP contribution is -2.37. The van der Waals surface area contributed by atoms with Crippen LogP contribution in [0.15, 0.2) is 24.3 Å². The molecule has 2 aromatic rings. The first-order chi connectivity index (χ1) is 12.1. The lowest BCUT2D eigenvalue weighted by atomic mass is 10.1. The Bertz CT molecular complexity index is 770. The van der Waals surface area contributed by atoms with Crippen molar-refractivity contribution in [2.75, 3.05) is 36.5 Å². The number of aryl methyl sites for hydroxylation is 3. The maximum absolute atomic E-state index is 12.8. The normalized spacial score (nSPS) is 14.4. The second kappa shape index (κ2) is 7.61. The molecule has 1 amide bonds. The summed E-state index contributed by atoms with van der Waals surface area (Å²) in [6.07, 6.45) is 0.860. The molecule has 6 heteroatoms. The first kappa shape index (κ1) is 17.4. The van der Waals surface area contributed by atoms with E-state index in [0.29, 0.717) is 24.9 Å².